The second-order valence-corrected chi connectivity index (χ2v) is 4.67. The molecule has 0 amide bonds. The van der Waals surface area contributed by atoms with Crippen LogP contribution in [-0.4, -0.2) is 17.3 Å². The predicted octanol–water partition coefficient (Wildman–Crippen LogP) is 1.62. The maximum absolute atomic E-state index is 11.6. The zero-order valence-corrected chi connectivity index (χ0v) is 9.95. The van der Waals surface area contributed by atoms with E-state index in [1.165, 1.54) is 0 Å². The smallest absolute Gasteiger partial charge is 0.264 e. The quantitative estimate of drug-likeness (QED) is 0.544. The van der Waals surface area contributed by atoms with Gasteiger partial charge in [-0.15, -0.1) is 0 Å². The van der Waals surface area contributed by atoms with E-state index in [4.69, 9.17) is 0 Å². The Kier molecular flexibility index (Phi) is 2.92. The number of hydrogen-bond donors (Lipinski definition) is 0. The third-order valence-electron chi connectivity index (χ3n) is 3.13. The van der Waals surface area contributed by atoms with Crippen LogP contribution in [0.4, 0.5) is 0 Å². The average Bonchev–Trinajstić information content (AvgIpc) is 2.38. The highest BCUT2D eigenvalue weighted by molar-refractivity contribution is 6.64. The second kappa shape index (κ2) is 4.24. The van der Waals surface area contributed by atoms with E-state index in [0.717, 1.165) is 16.7 Å². The van der Waals surface area contributed by atoms with E-state index in [9.17, 15) is 14.4 Å². The zero-order chi connectivity index (χ0) is 12.6. The van der Waals surface area contributed by atoms with E-state index in [0.29, 0.717) is 0 Å². The molecule has 1 aliphatic rings. The zero-order valence-electron chi connectivity index (χ0n) is 9.95. The fourth-order valence-electron chi connectivity index (χ4n) is 2.23. The van der Waals surface area contributed by atoms with E-state index >= 15 is 0 Å². The minimum atomic E-state index is -0.851. The summed E-state index contributed by atoms with van der Waals surface area (Å²) >= 11 is 0. The summed E-state index contributed by atoms with van der Waals surface area (Å²) in [7, 11) is 0. The van der Waals surface area contributed by atoms with Crippen molar-refractivity contribution in [1.29, 1.82) is 0 Å². The van der Waals surface area contributed by atoms with Crippen molar-refractivity contribution in [3.05, 3.63) is 34.9 Å². The number of ketones is 3. The minimum absolute atomic E-state index is 0.0560. The van der Waals surface area contributed by atoms with Crippen LogP contribution in [0.1, 0.15) is 36.5 Å². The number of carbonyl (C=O) groups excluding carboxylic acids is 3. The Labute approximate surface area is 99.8 Å². The van der Waals surface area contributed by atoms with Gasteiger partial charge in [0, 0.05) is 12.8 Å². The molecule has 0 atom stereocenters. The molecule has 1 aliphatic carbocycles. The van der Waals surface area contributed by atoms with E-state index in [2.05, 4.69) is 0 Å². The molecule has 17 heavy (non-hydrogen) atoms. The lowest BCUT2D eigenvalue weighted by Gasteiger charge is -2.13. The summed E-state index contributed by atoms with van der Waals surface area (Å²) in [6.45, 7) is 4.07. The topological polar surface area (TPSA) is 51.2 Å². The van der Waals surface area contributed by atoms with Crippen LogP contribution in [0.5, 0.6) is 0 Å². The van der Waals surface area contributed by atoms with Gasteiger partial charge in [-0.05, 0) is 22.6 Å². The number of rotatable bonds is 1. The second-order valence-electron chi connectivity index (χ2n) is 4.67. The van der Waals surface area contributed by atoms with Crippen molar-refractivity contribution in [3.8, 4) is 0 Å². The molecule has 0 unspecified atom stereocenters. The van der Waals surface area contributed by atoms with Gasteiger partial charge in [-0.3, -0.25) is 14.4 Å². The summed E-state index contributed by atoms with van der Waals surface area (Å²) in [4.78, 5) is 34.5. The number of fused-ring (bicyclic) bond motifs is 1. The molecule has 2 rings (SSSR count). The van der Waals surface area contributed by atoms with Crippen molar-refractivity contribution in [1.82, 2.24) is 0 Å². The molecule has 0 bridgehead atoms. The van der Waals surface area contributed by atoms with Crippen molar-refractivity contribution >= 4 is 17.3 Å². The third-order valence-corrected chi connectivity index (χ3v) is 3.13. The third kappa shape index (κ3) is 2.05. The minimum Gasteiger partial charge on any atom is -0.290 e. The van der Waals surface area contributed by atoms with E-state index in [1.807, 2.05) is 32.0 Å². The number of carbonyl (C=O) groups is 3. The predicted molar refractivity (Wildman–Crippen MR) is 63.0 cm³/mol. The van der Waals surface area contributed by atoms with Crippen LogP contribution in [0.3, 0.4) is 0 Å². The first-order chi connectivity index (χ1) is 8.00. The molecule has 0 saturated heterocycles. The van der Waals surface area contributed by atoms with Gasteiger partial charge in [-0.25, -0.2) is 0 Å². The van der Waals surface area contributed by atoms with Crippen molar-refractivity contribution in [3.63, 3.8) is 0 Å². The first kappa shape index (κ1) is 11.7. The maximum atomic E-state index is 11.6. The van der Waals surface area contributed by atoms with Crippen LogP contribution >= 0.6 is 0 Å². The van der Waals surface area contributed by atoms with E-state index < -0.39 is 17.3 Å². The van der Waals surface area contributed by atoms with Crippen LogP contribution in [-0.2, 0) is 27.2 Å². The summed E-state index contributed by atoms with van der Waals surface area (Å²) < 4.78 is 0. The first-order valence-corrected chi connectivity index (χ1v) is 5.71. The van der Waals surface area contributed by atoms with Crippen LogP contribution in [0.25, 0.3) is 0 Å². The summed E-state index contributed by atoms with van der Waals surface area (Å²) in [5.41, 5.74) is 2.74. The van der Waals surface area contributed by atoms with E-state index in [1.54, 1.807) is 0 Å². The summed E-state index contributed by atoms with van der Waals surface area (Å²) in [5, 5.41) is 0. The van der Waals surface area contributed by atoms with Crippen LogP contribution in [0, 0.1) is 0 Å². The van der Waals surface area contributed by atoms with Gasteiger partial charge >= 0.3 is 0 Å². The molecule has 1 aromatic rings. The van der Waals surface area contributed by atoms with Gasteiger partial charge in [0.25, 0.3) is 5.78 Å². The van der Waals surface area contributed by atoms with Crippen molar-refractivity contribution in [2.75, 3.05) is 0 Å². The Balaban J connectivity index is 2.57. The lowest BCUT2D eigenvalue weighted by atomic mass is 9.90. The SMILES string of the molecule is CC(C)c1cccc2c1CC(=O)C(=O)C(=O)C2. The lowest BCUT2D eigenvalue weighted by molar-refractivity contribution is -0.143. The molecular weight excluding hydrogens is 216 g/mol. The molecule has 0 spiro atoms. The Morgan fingerprint density at radius 3 is 2.29 bits per heavy atom. The fraction of sp³-hybridized carbons (Fsp3) is 0.357. The lowest BCUT2D eigenvalue weighted by Crippen LogP contribution is -2.23. The monoisotopic (exact) mass is 230 g/mol. The summed E-state index contributed by atoms with van der Waals surface area (Å²) in [6, 6.07) is 5.66. The molecular formula is C14H14O3. The van der Waals surface area contributed by atoms with Crippen molar-refractivity contribution < 1.29 is 14.4 Å². The number of Topliss-reactive ketones (excluding diaryl/α,β-unsaturated/α-hetero) is 3. The molecule has 1 aromatic carbocycles. The molecule has 0 fully saturated rings. The normalized spacial score (nSPS) is 16.1. The average molecular weight is 230 g/mol. The number of benzene rings is 1. The molecule has 88 valence electrons. The van der Waals surface area contributed by atoms with Gasteiger partial charge in [-0.1, -0.05) is 32.0 Å². The van der Waals surface area contributed by atoms with Gasteiger partial charge in [0.1, 0.15) is 0 Å². The molecule has 0 saturated carbocycles. The Morgan fingerprint density at radius 1 is 1.00 bits per heavy atom. The largest absolute Gasteiger partial charge is 0.290 e. The van der Waals surface area contributed by atoms with Gasteiger partial charge < -0.3 is 0 Å². The molecule has 3 heteroatoms. The Hall–Kier alpha value is -1.77. The molecule has 0 heterocycles. The van der Waals surface area contributed by atoms with Gasteiger partial charge in [0.15, 0.2) is 0 Å². The highest BCUT2D eigenvalue weighted by Gasteiger charge is 2.29. The van der Waals surface area contributed by atoms with Gasteiger partial charge in [-0.2, -0.15) is 0 Å². The Morgan fingerprint density at radius 2 is 1.65 bits per heavy atom. The molecule has 0 N–H and O–H groups in total. The summed E-state index contributed by atoms with van der Waals surface area (Å²) in [6.07, 6.45) is 0.120. The van der Waals surface area contributed by atoms with Gasteiger partial charge in [0.05, 0.1) is 0 Å². The summed E-state index contributed by atoms with van der Waals surface area (Å²) in [5.74, 6) is -1.74. The van der Waals surface area contributed by atoms with Crippen molar-refractivity contribution in [2.45, 2.75) is 32.6 Å². The van der Waals surface area contributed by atoms with Crippen LogP contribution in [0.2, 0.25) is 0 Å². The fourth-order valence-corrected chi connectivity index (χ4v) is 2.23. The highest BCUT2D eigenvalue weighted by atomic mass is 16.2. The molecule has 3 nitrogen and oxygen atoms in total. The standard InChI is InChI=1S/C14H14O3/c1-8(2)10-5-3-4-9-6-12(15)14(17)13(16)7-11(9)10/h3-5,8H,6-7H2,1-2H3. The van der Waals surface area contributed by atoms with E-state index in [-0.39, 0.29) is 18.8 Å². The van der Waals surface area contributed by atoms with Crippen molar-refractivity contribution in [2.24, 2.45) is 0 Å². The van der Waals surface area contributed by atoms with Gasteiger partial charge in [0.2, 0.25) is 11.6 Å². The maximum Gasteiger partial charge on any atom is 0.264 e. The van der Waals surface area contributed by atoms with Crippen LogP contribution in [0.15, 0.2) is 18.2 Å². The molecule has 0 aromatic heterocycles. The number of hydrogen-bond acceptors (Lipinski definition) is 3. The first-order valence-electron chi connectivity index (χ1n) is 5.71. The molecule has 0 radical (unpaired) electrons. The molecule has 0 aliphatic heterocycles. The van der Waals surface area contributed by atoms with Crippen LogP contribution < -0.4 is 0 Å². The highest BCUT2D eigenvalue weighted by Crippen LogP contribution is 2.25. The Bertz CT molecular complexity index is 512.